The molecule has 23 heavy (non-hydrogen) atoms. The predicted octanol–water partition coefficient (Wildman–Crippen LogP) is 1.55. The molecule has 0 aliphatic rings. The van der Waals surface area contributed by atoms with Crippen LogP contribution in [0.3, 0.4) is 0 Å². The van der Waals surface area contributed by atoms with Gasteiger partial charge in [-0.15, -0.1) is 5.10 Å². The predicted molar refractivity (Wildman–Crippen MR) is 84.6 cm³/mol. The molecule has 7 nitrogen and oxygen atoms in total. The molecule has 0 bridgehead atoms. The number of nitrogens with one attached hydrogen (secondary N) is 2. The van der Waals surface area contributed by atoms with Crippen LogP contribution in [0.2, 0.25) is 5.02 Å². The summed E-state index contributed by atoms with van der Waals surface area (Å²) in [6, 6.07) is 13.8. The highest BCUT2D eigenvalue weighted by Gasteiger charge is 2.12. The number of amides is 2. The quantitative estimate of drug-likeness (QED) is 0.713. The van der Waals surface area contributed by atoms with Crippen molar-refractivity contribution in [2.24, 2.45) is 0 Å². The van der Waals surface area contributed by atoms with Crippen LogP contribution in [0, 0.1) is 0 Å². The standard InChI is InChI=1S/C15H12ClN5O2/c16-11-6-2-1-5-10(11)15(23)19-18-14(22)9-21-13-8-4-3-7-12(13)17-20-21/h1-8H,9H2,(H,18,22)(H,19,23). The lowest BCUT2D eigenvalue weighted by Crippen LogP contribution is -2.43. The molecule has 3 rings (SSSR count). The van der Waals surface area contributed by atoms with Gasteiger partial charge in [-0.05, 0) is 24.3 Å². The Morgan fingerprint density at radius 2 is 1.78 bits per heavy atom. The smallest absolute Gasteiger partial charge is 0.271 e. The number of hydrazine groups is 1. The minimum Gasteiger partial charge on any atom is -0.271 e. The number of benzene rings is 2. The zero-order chi connectivity index (χ0) is 16.2. The van der Waals surface area contributed by atoms with Gasteiger partial charge in [0.2, 0.25) is 0 Å². The van der Waals surface area contributed by atoms with E-state index in [9.17, 15) is 9.59 Å². The number of aromatic nitrogens is 3. The van der Waals surface area contributed by atoms with Gasteiger partial charge in [0, 0.05) is 0 Å². The van der Waals surface area contributed by atoms with E-state index in [1.165, 1.54) is 4.68 Å². The van der Waals surface area contributed by atoms with Crippen molar-refractivity contribution in [2.45, 2.75) is 6.54 Å². The maximum Gasteiger partial charge on any atom is 0.271 e. The number of halogens is 1. The van der Waals surface area contributed by atoms with Crippen LogP contribution < -0.4 is 10.9 Å². The average molecular weight is 330 g/mol. The Kier molecular flexibility index (Phi) is 4.20. The second kappa shape index (κ2) is 6.45. The van der Waals surface area contributed by atoms with Crippen LogP contribution in [-0.4, -0.2) is 26.8 Å². The molecular formula is C15H12ClN5O2. The molecule has 0 unspecified atom stereocenters. The maximum atomic E-state index is 11.9. The number of hydrogen-bond acceptors (Lipinski definition) is 4. The van der Waals surface area contributed by atoms with E-state index < -0.39 is 11.8 Å². The first-order chi connectivity index (χ1) is 11.1. The van der Waals surface area contributed by atoms with Crippen LogP contribution in [0.25, 0.3) is 11.0 Å². The molecule has 0 fully saturated rings. The topological polar surface area (TPSA) is 88.9 Å². The Morgan fingerprint density at radius 3 is 2.61 bits per heavy atom. The Labute approximate surface area is 136 Å². The zero-order valence-electron chi connectivity index (χ0n) is 11.9. The molecule has 2 aromatic carbocycles. The summed E-state index contributed by atoms with van der Waals surface area (Å²) in [6.07, 6.45) is 0. The molecule has 1 aromatic heterocycles. The minimum atomic E-state index is -0.493. The molecule has 2 amide bonds. The fourth-order valence-electron chi connectivity index (χ4n) is 2.05. The van der Waals surface area contributed by atoms with Gasteiger partial charge in [0.15, 0.2) is 0 Å². The molecule has 3 aromatic rings. The van der Waals surface area contributed by atoms with Crippen molar-refractivity contribution < 1.29 is 9.59 Å². The lowest BCUT2D eigenvalue weighted by atomic mass is 10.2. The Morgan fingerprint density at radius 1 is 1.04 bits per heavy atom. The molecule has 0 spiro atoms. The van der Waals surface area contributed by atoms with E-state index in [2.05, 4.69) is 21.2 Å². The number of hydrogen-bond donors (Lipinski definition) is 2. The minimum absolute atomic E-state index is 0.0662. The Balaban J connectivity index is 1.62. The molecule has 0 saturated carbocycles. The Bertz CT molecular complexity index is 877. The zero-order valence-corrected chi connectivity index (χ0v) is 12.6. The van der Waals surface area contributed by atoms with Crippen LogP contribution in [-0.2, 0) is 11.3 Å². The van der Waals surface area contributed by atoms with Crippen molar-refractivity contribution in [3.63, 3.8) is 0 Å². The van der Waals surface area contributed by atoms with Gasteiger partial charge in [-0.25, -0.2) is 4.68 Å². The molecule has 116 valence electrons. The van der Waals surface area contributed by atoms with Crippen LogP contribution >= 0.6 is 11.6 Å². The average Bonchev–Trinajstić information content (AvgIpc) is 2.96. The largest absolute Gasteiger partial charge is 0.271 e. The lowest BCUT2D eigenvalue weighted by Gasteiger charge is -2.08. The van der Waals surface area contributed by atoms with Crippen LogP contribution in [0.4, 0.5) is 0 Å². The number of rotatable bonds is 3. The first kappa shape index (κ1) is 15.0. The van der Waals surface area contributed by atoms with Gasteiger partial charge >= 0.3 is 0 Å². The summed E-state index contributed by atoms with van der Waals surface area (Å²) in [4.78, 5) is 23.9. The van der Waals surface area contributed by atoms with Crippen molar-refractivity contribution in [3.05, 3.63) is 59.1 Å². The van der Waals surface area contributed by atoms with E-state index >= 15 is 0 Å². The van der Waals surface area contributed by atoms with Gasteiger partial charge in [-0.2, -0.15) is 0 Å². The van der Waals surface area contributed by atoms with Crippen molar-refractivity contribution in [1.29, 1.82) is 0 Å². The van der Waals surface area contributed by atoms with E-state index in [0.29, 0.717) is 10.5 Å². The van der Waals surface area contributed by atoms with E-state index in [0.717, 1.165) is 5.52 Å². The summed E-state index contributed by atoms with van der Waals surface area (Å²) in [7, 11) is 0. The van der Waals surface area contributed by atoms with E-state index in [1.54, 1.807) is 30.3 Å². The summed E-state index contributed by atoms with van der Waals surface area (Å²) in [5.74, 6) is -0.923. The molecule has 0 atom stereocenters. The lowest BCUT2D eigenvalue weighted by molar-refractivity contribution is -0.122. The third-order valence-electron chi connectivity index (χ3n) is 3.15. The van der Waals surface area contributed by atoms with Crippen LogP contribution in [0.5, 0.6) is 0 Å². The number of carbonyl (C=O) groups excluding carboxylic acids is 2. The second-order valence-electron chi connectivity index (χ2n) is 4.72. The number of nitrogens with zero attached hydrogens (tertiary/aromatic N) is 3. The van der Waals surface area contributed by atoms with Gasteiger partial charge in [0.05, 0.1) is 16.1 Å². The summed E-state index contributed by atoms with van der Waals surface area (Å²) >= 11 is 5.92. The molecule has 0 radical (unpaired) electrons. The van der Waals surface area contributed by atoms with E-state index in [4.69, 9.17) is 11.6 Å². The third kappa shape index (κ3) is 3.29. The first-order valence-corrected chi connectivity index (χ1v) is 7.15. The van der Waals surface area contributed by atoms with E-state index in [1.807, 2.05) is 18.2 Å². The maximum absolute atomic E-state index is 11.9. The van der Waals surface area contributed by atoms with E-state index in [-0.39, 0.29) is 12.1 Å². The molecule has 1 heterocycles. The van der Waals surface area contributed by atoms with Crippen molar-refractivity contribution in [1.82, 2.24) is 25.8 Å². The Hall–Kier alpha value is -2.93. The molecule has 0 aliphatic heterocycles. The molecular weight excluding hydrogens is 318 g/mol. The fourth-order valence-corrected chi connectivity index (χ4v) is 2.27. The van der Waals surface area contributed by atoms with Crippen LogP contribution in [0.15, 0.2) is 48.5 Å². The van der Waals surface area contributed by atoms with Crippen molar-refractivity contribution in [3.8, 4) is 0 Å². The molecule has 0 aliphatic carbocycles. The molecule has 8 heteroatoms. The van der Waals surface area contributed by atoms with Crippen molar-refractivity contribution >= 4 is 34.4 Å². The van der Waals surface area contributed by atoms with Crippen LogP contribution in [0.1, 0.15) is 10.4 Å². The molecule has 0 saturated heterocycles. The highest BCUT2D eigenvalue weighted by Crippen LogP contribution is 2.14. The summed E-state index contributed by atoms with van der Waals surface area (Å²) in [6.45, 7) is -0.0662. The highest BCUT2D eigenvalue weighted by atomic mass is 35.5. The van der Waals surface area contributed by atoms with Gasteiger partial charge in [0.1, 0.15) is 12.1 Å². The fraction of sp³-hybridized carbons (Fsp3) is 0.0667. The van der Waals surface area contributed by atoms with Gasteiger partial charge in [-0.3, -0.25) is 20.4 Å². The summed E-state index contributed by atoms with van der Waals surface area (Å²) < 4.78 is 1.45. The highest BCUT2D eigenvalue weighted by molar-refractivity contribution is 6.33. The van der Waals surface area contributed by atoms with Gasteiger partial charge < -0.3 is 0 Å². The third-order valence-corrected chi connectivity index (χ3v) is 3.48. The number of carbonyl (C=O) groups is 2. The summed E-state index contributed by atoms with van der Waals surface area (Å²) in [5.41, 5.74) is 6.35. The normalized spacial score (nSPS) is 10.5. The monoisotopic (exact) mass is 329 g/mol. The number of para-hydroxylation sites is 1. The SMILES string of the molecule is O=C(Cn1nnc2ccccc21)NNC(=O)c1ccccc1Cl. The second-order valence-corrected chi connectivity index (χ2v) is 5.13. The number of fused-ring (bicyclic) bond motifs is 1. The summed E-state index contributed by atoms with van der Waals surface area (Å²) in [5, 5.41) is 8.17. The molecule has 2 N–H and O–H groups in total. The first-order valence-electron chi connectivity index (χ1n) is 6.77. The van der Waals surface area contributed by atoms with Gasteiger partial charge in [0.25, 0.3) is 11.8 Å². The van der Waals surface area contributed by atoms with Crippen molar-refractivity contribution in [2.75, 3.05) is 0 Å². The van der Waals surface area contributed by atoms with Gasteiger partial charge in [-0.1, -0.05) is 41.1 Å².